The third-order valence-corrected chi connectivity index (χ3v) is 5.07. The second-order valence-corrected chi connectivity index (χ2v) is 6.06. The van der Waals surface area contributed by atoms with E-state index in [1.165, 1.54) is 22.9 Å². The van der Waals surface area contributed by atoms with Crippen LogP contribution in [-0.2, 0) is 4.79 Å². The summed E-state index contributed by atoms with van der Waals surface area (Å²) in [6.45, 7) is 1.96. The number of hydrogen-bond donors (Lipinski definition) is 1. The molecule has 7 heteroatoms. The predicted molar refractivity (Wildman–Crippen MR) is 79.3 cm³/mol. The molecule has 0 bridgehead atoms. The molecular weight excluding hydrogens is 290 g/mol. The van der Waals surface area contributed by atoms with E-state index in [1.54, 1.807) is 16.8 Å². The van der Waals surface area contributed by atoms with Crippen LogP contribution < -0.4 is 0 Å². The number of fused-ring (bicyclic) bond motifs is 1. The summed E-state index contributed by atoms with van der Waals surface area (Å²) >= 11 is 1.51. The molecule has 0 saturated carbocycles. The lowest BCUT2D eigenvalue weighted by Crippen LogP contribution is -2.45. The Balaban J connectivity index is 2.01. The van der Waals surface area contributed by atoms with Crippen molar-refractivity contribution in [2.45, 2.75) is 24.8 Å². The lowest BCUT2D eigenvalue weighted by Gasteiger charge is -2.26. The molecule has 2 aromatic heterocycles. The fraction of sp³-hybridized carbons (Fsp3) is 0.357. The Morgan fingerprint density at radius 3 is 3.00 bits per heavy atom. The number of hydrogen-bond acceptors (Lipinski definition) is 4. The number of aliphatic carboxylic acids is 1. The van der Waals surface area contributed by atoms with Crippen LogP contribution in [0.2, 0.25) is 0 Å². The Bertz CT molecular complexity index is 700. The number of carbonyl (C=O) groups is 2. The number of amides is 1. The molecule has 2 atom stereocenters. The van der Waals surface area contributed by atoms with Gasteiger partial charge >= 0.3 is 5.97 Å². The Labute approximate surface area is 125 Å². The molecule has 1 N–H and O–H groups in total. The highest BCUT2D eigenvalue weighted by Gasteiger charge is 2.41. The van der Waals surface area contributed by atoms with Crippen molar-refractivity contribution in [3.63, 3.8) is 0 Å². The van der Waals surface area contributed by atoms with Gasteiger partial charge in [0.25, 0.3) is 5.91 Å². The average Bonchev–Trinajstić information content (AvgIpc) is 3.10. The highest BCUT2D eigenvalue weighted by atomic mass is 32.2. The summed E-state index contributed by atoms with van der Waals surface area (Å²) in [7, 11) is 0. The maximum atomic E-state index is 12.8. The van der Waals surface area contributed by atoms with Crippen molar-refractivity contribution in [2.24, 2.45) is 0 Å². The van der Waals surface area contributed by atoms with Gasteiger partial charge in [0.15, 0.2) is 0 Å². The molecule has 0 radical (unpaired) electrons. The standard InChI is InChI=1S/C14H15N3O3S/c1-2-12-17(11(8-21-12)14(19)20)13(18)9-7-15-16-6-4-3-5-10(9)16/h3-7,11-12H,2,8H2,1H3,(H,19,20). The summed E-state index contributed by atoms with van der Waals surface area (Å²) in [5, 5.41) is 13.4. The SMILES string of the molecule is CCC1SCC(C(=O)O)N1C(=O)c1cnn2ccccc12. The molecule has 1 amide bonds. The van der Waals surface area contributed by atoms with Gasteiger partial charge in [-0.15, -0.1) is 11.8 Å². The van der Waals surface area contributed by atoms with E-state index in [2.05, 4.69) is 5.10 Å². The van der Waals surface area contributed by atoms with Gasteiger partial charge in [0.2, 0.25) is 0 Å². The van der Waals surface area contributed by atoms with E-state index in [0.717, 1.165) is 6.42 Å². The normalized spacial score (nSPS) is 21.9. The zero-order valence-corrected chi connectivity index (χ0v) is 12.3. The highest BCUT2D eigenvalue weighted by molar-refractivity contribution is 8.00. The summed E-state index contributed by atoms with van der Waals surface area (Å²) < 4.78 is 1.62. The number of carbonyl (C=O) groups excluding carboxylic acids is 1. The smallest absolute Gasteiger partial charge is 0.327 e. The number of carboxylic acid groups (broad SMARTS) is 1. The first-order chi connectivity index (χ1) is 10.1. The van der Waals surface area contributed by atoms with Gasteiger partial charge in [-0.05, 0) is 18.6 Å². The van der Waals surface area contributed by atoms with Gasteiger partial charge in [0.1, 0.15) is 6.04 Å². The van der Waals surface area contributed by atoms with Crippen LogP contribution in [0.5, 0.6) is 0 Å². The largest absolute Gasteiger partial charge is 0.480 e. The first-order valence-electron chi connectivity index (χ1n) is 6.73. The van der Waals surface area contributed by atoms with Gasteiger partial charge in [-0.1, -0.05) is 13.0 Å². The minimum absolute atomic E-state index is 0.0998. The first kappa shape index (κ1) is 13.9. The maximum absolute atomic E-state index is 12.8. The van der Waals surface area contributed by atoms with E-state index >= 15 is 0 Å². The molecule has 3 heterocycles. The van der Waals surface area contributed by atoms with E-state index in [4.69, 9.17) is 0 Å². The van der Waals surface area contributed by atoms with Gasteiger partial charge in [0, 0.05) is 11.9 Å². The topological polar surface area (TPSA) is 74.9 Å². The molecule has 2 aromatic rings. The van der Waals surface area contributed by atoms with Gasteiger partial charge in [-0.3, -0.25) is 4.79 Å². The van der Waals surface area contributed by atoms with Crippen molar-refractivity contribution in [3.8, 4) is 0 Å². The van der Waals surface area contributed by atoms with Crippen molar-refractivity contribution >= 4 is 29.2 Å². The van der Waals surface area contributed by atoms with Crippen LogP contribution in [0.1, 0.15) is 23.7 Å². The van der Waals surface area contributed by atoms with Crippen molar-refractivity contribution in [2.75, 3.05) is 5.75 Å². The zero-order valence-electron chi connectivity index (χ0n) is 11.5. The molecule has 6 nitrogen and oxygen atoms in total. The van der Waals surface area contributed by atoms with Crippen molar-refractivity contribution in [1.82, 2.24) is 14.5 Å². The molecule has 3 rings (SSSR count). The van der Waals surface area contributed by atoms with Crippen molar-refractivity contribution in [3.05, 3.63) is 36.2 Å². The van der Waals surface area contributed by atoms with E-state index in [9.17, 15) is 14.7 Å². The lowest BCUT2D eigenvalue weighted by molar-refractivity contribution is -0.141. The van der Waals surface area contributed by atoms with Crippen molar-refractivity contribution in [1.29, 1.82) is 0 Å². The summed E-state index contributed by atoms with van der Waals surface area (Å²) in [6, 6.07) is 4.69. The van der Waals surface area contributed by atoms with Crippen LogP contribution in [-0.4, -0.2) is 48.7 Å². The minimum atomic E-state index is -0.955. The van der Waals surface area contributed by atoms with Gasteiger partial charge < -0.3 is 10.0 Å². The Morgan fingerprint density at radius 2 is 2.29 bits per heavy atom. The monoisotopic (exact) mass is 305 g/mol. The molecule has 1 saturated heterocycles. The van der Waals surface area contributed by atoms with Crippen LogP contribution in [0.15, 0.2) is 30.6 Å². The second kappa shape index (κ2) is 5.40. The third-order valence-electron chi connectivity index (χ3n) is 3.62. The number of rotatable bonds is 3. The molecular formula is C14H15N3O3S. The van der Waals surface area contributed by atoms with Crippen LogP contribution >= 0.6 is 11.8 Å². The molecule has 2 unspecified atom stereocenters. The highest BCUT2D eigenvalue weighted by Crippen LogP contribution is 2.33. The van der Waals surface area contributed by atoms with Crippen LogP contribution in [0, 0.1) is 0 Å². The number of thioether (sulfide) groups is 1. The van der Waals surface area contributed by atoms with Gasteiger partial charge in [-0.25, -0.2) is 9.31 Å². The average molecular weight is 305 g/mol. The van der Waals surface area contributed by atoms with Gasteiger partial charge in [0.05, 0.1) is 22.7 Å². The predicted octanol–water partition coefficient (Wildman–Crippen LogP) is 1.71. The molecule has 0 spiro atoms. The summed E-state index contributed by atoms with van der Waals surface area (Å²) in [6.07, 6.45) is 3.99. The number of carboxylic acids is 1. The first-order valence-corrected chi connectivity index (χ1v) is 7.77. The van der Waals surface area contributed by atoms with Crippen LogP contribution in [0.4, 0.5) is 0 Å². The summed E-state index contributed by atoms with van der Waals surface area (Å²) in [5.41, 5.74) is 1.14. The second-order valence-electron chi connectivity index (χ2n) is 4.85. The Hall–Kier alpha value is -2.02. The number of nitrogens with zero attached hydrogens (tertiary/aromatic N) is 3. The zero-order chi connectivity index (χ0) is 15.0. The molecule has 1 aliphatic heterocycles. The van der Waals surface area contributed by atoms with E-state index < -0.39 is 12.0 Å². The fourth-order valence-corrected chi connectivity index (χ4v) is 3.93. The Kier molecular flexibility index (Phi) is 3.59. The fourth-order valence-electron chi connectivity index (χ4n) is 2.58. The molecule has 110 valence electrons. The summed E-state index contributed by atoms with van der Waals surface area (Å²) in [4.78, 5) is 25.7. The third kappa shape index (κ3) is 2.27. The van der Waals surface area contributed by atoms with E-state index in [1.807, 2.05) is 19.1 Å². The maximum Gasteiger partial charge on any atom is 0.327 e. The minimum Gasteiger partial charge on any atom is -0.480 e. The summed E-state index contributed by atoms with van der Waals surface area (Å²) in [5.74, 6) is -0.789. The molecule has 1 fully saturated rings. The molecule has 0 aliphatic carbocycles. The lowest BCUT2D eigenvalue weighted by atomic mass is 10.2. The van der Waals surface area contributed by atoms with Crippen LogP contribution in [0.25, 0.3) is 5.52 Å². The van der Waals surface area contributed by atoms with Gasteiger partial charge in [-0.2, -0.15) is 5.10 Å². The molecule has 0 aromatic carbocycles. The van der Waals surface area contributed by atoms with Crippen LogP contribution in [0.3, 0.4) is 0 Å². The number of pyridine rings is 1. The van der Waals surface area contributed by atoms with E-state index in [0.29, 0.717) is 16.8 Å². The Morgan fingerprint density at radius 1 is 1.48 bits per heavy atom. The number of aromatic nitrogens is 2. The molecule has 1 aliphatic rings. The van der Waals surface area contributed by atoms with Crippen molar-refractivity contribution < 1.29 is 14.7 Å². The molecule has 21 heavy (non-hydrogen) atoms. The quantitative estimate of drug-likeness (QED) is 0.934. The van der Waals surface area contributed by atoms with E-state index in [-0.39, 0.29) is 11.3 Å².